The third-order valence-electron chi connectivity index (χ3n) is 6.38. The molecule has 0 saturated carbocycles. The number of anilines is 1. The van der Waals surface area contributed by atoms with E-state index < -0.39 is 0 Å². The number of aromatic nitrogens is 3. The van der Waals surface area contributed by atoms with Crippen molar-refractivity contribution in [3.05, 3.63) is 74.8 Å². The van der Waals surface area contributed by atoms with Gasteiger partial charge in [-0.1, -0.05) is 32.0 Å². The number of thiazole rings is 1. The van der Waals surface area contributed by atoms with E-state index in [2.05, 4.69) is 19.2 Å². The lowest BCUT2D eigenvalue weighted by molar-refractivity contribution is -0.118. The standard InChI is InChI=1S/C27H28N6O3S/c1-5-19(6-2)30-32-22(18-12-13-23-21(14-18)28-24(34)15-36-23)16-37-27(32)29-25-17(3)31(4)33(26(25)35)20-10-8-7-9-11-20/h7-14,16H,5-6,15H2,1-4H3,(H,28,34). The molecule has 0 radical (unpaired) electrons. The first-order chi connectivity index (χ1) is 17.9. The van der Waals surface area contributed by atoms with Crippen LogP contribution >= 0.6 is 11.3 Å². The molecule has 0 saturated heterocycles. The molecule has 1 amide bonds. The molecule has 0 fully saturated rings. The summed E-state index contributed by atoms with van der Waals surface area (Å²) in [6, 6.07) is 15.2. The largest absolute Gasteiger partial charge is 0.482 e. The molecule has 0 bridgehead atoms. The smallest absolute Gasteiger partial charge is 0.297 e. The third-order valence-corrected chi connectivity index (χ3v) is 7.20. The summed E-state index contributed by atoms with van der Waals surface area (Å²) in [4.78, 5) is 30.8. The molecule has 1 N–H and O–H groups in total. The maximum atomic E-state index is 13.5. The molecule has 9 nitrogen and oxygen atoms in total. The average Bonchev–Trinajstić information content (AvgIpc) is 3.40. The monoisotopic (exact) mass is 516 g/mol. The number of carbonyl (C=O) groups is 1. The minimum Gasteiger partial charge on any atom is -0.482 e. The highest BCUT2D eigenvalue weighted by Crippen LogP contribution is 2.33. The maximum Gasteiger partial charge on any atom is 0.297 e. The summed E-state index contributed by atoms with van der Waals surface area (Å²) in [5.41, 5.74) is 4.97. The SMILES string of the molecule is CCC(CC)=Nn1c(-c2ccc3c(c2)NC(=O)CO3)csc1=Nc1c(C)n(C)n(-c2ccccc2)c1=O. The molecule has 0 atom stereocenters. The third kappa shape index (κ3) is 4.55. The van der Waals surface area contributed by atoms with Gasteiger partial charge in [-0.15, -0.1) is 11.3 Å². The second-order valence-corrected chi connectivity index (χ2v) is 9.49. The highest BCUT2D eigenvalue weighted by molar-refractivity contribution is 7.07. The van der Waals surface area contributed by atoms with Crippen LogP contribution in [0.3, 0.4) is 0 Å². The van der Waals surface area contributed by atoms with Crippen LogP contribution in [0.2, 0.25) is 0 Å². The molecule has 10 heteroatoms. The fourth-order valence-electron chi connectivity index (χ4n) is 4.23. The predicted molar refractivity (Wildman–Crippen MR) is 146 cm³/mol. The van der Waals surface area contributed by atoms with E-state index in [0.717, 1.165) is 41.2 Å². The first kappa shape index (κ1) is 24.5. The van der Waals surface area contributed by atoms with Crippen LogP contribution in [0.4, 0.5) is 11.4 Å². The zero-order valence-electron chi connectivity index (χ0n) is 21.2. The Morgan fingerprint density at radius 3 is 2.59 bits per heavy atom. The van der Waals surface area contributed by atoms with Crippen LogP contribution in [-0.4, -0.2) is 32.3 Å². The molecule has 0 spiro atoms. The molecule has 1 aliphatic rings. The molecule has 5 rings (SSSR count). The van der Waals surface area contributed by atoms with E-state index >= 15 is 0 Å². The van der Waals surface area contributed by atoms with Gasteiger partial charge in [-0.3, -0.25) is 14.3 Å². The van der Waals surface area contributed by atoms with Gasteiger partial charge in [-0.25, -0.2) is 14.4 Å². The van der Waals surface area contributed by atoms with Crippen molar-refractivity contribution in [3.63, 3.8) is 0 Å². The normalized spacial score (nSPS) is 13.2. The molecular weight excluding hydrogens is 488 g/mol. The molecule has 2 aromatic carbocycles. The van der Waals surface area contributed by atoms with Crippen molar-refractivity contribution >= 4 is 34.3 Å². The van der Waals surface area contributed by atoms with Crippen LogP contribution in [0.25, 0.3) is 16.9 Å². The minimum atomic E-state index is -0.198. The number of nitrogens with one attached hydrogen (secondary N) is 1. The Bertz CT molecular complexity index is 1630. The van der Waals surface area contributed by atoms with E-state index in [0.29, 0.717) is 21.9 Å². The van der Waals surface area contributed by atoms with Gasteiger partial charge >= 0.3 is 0 Å². The van der Waals surface area contributed by atoms with Crippen molar-refractivity contribution in [3.8, 4) is 22.7 Å². The Hall–Kier alpha value is -4.18. The average molecular weight is 517 g/mol. The number of nitrogens with zero attached hydrogens (tertiary/aromatic N) is 5. The van der Waals surface area contributed by atoms with Gasteiger partial charge in [0.1, 0.15) is 5.75 Å². The van der Waals surface area contributed by atoms with Crippen molar-refractivity contribution in [1.82, 2.24) is 14.0 Å². The van der Waals surface area contributed by atoms with Crippen molar-refractivity contribution in [2.45, 2.75) is 33.6 Å². The zero-order chi connectivity index (χ0) is 26.1. The Kier molecular flexibility index (Phi) is 6.66. The van der Waals surface area contributed by atoms with Crippen LogP contribution in [-0.2, 0) is 11.8 Å². The lowest BCUT2D eigenvalue weighted by Crippen LogP contribution is -2.25. The predicted octanol–water partition coefficient (Wildman–Crippen LogP) is 4.60. The number of hydrogen-bond acceptors (Lipinski definition) is 6. The van der Waals surface area contributed by atoms with Gasteiger partial charge in [0.15, 0.2) is 12.3 Å². The summed E-state index contributed by atoms with van der Waals surface area (Å²) in [6.07, 6.45) is 1.58. The van der Waals surface area contributed by atoms with Crippen molar-refractivity contribution in [2.24, 2.45) is 17.1 Å². The molecule has 0 unspecified atom stereocenters. The Balaban J connectivity index is 1.70. The van der Waals surface area contributed by atoms with Gasteiger partial charge < -0.3 is 10.1 Å². The van der Waals surface area contributed by atoms with Crippen LogP contribution in [0.15, 0.2) is 68.8 Å². The van der Waals surface area contributed by atoms with E-state index in [4.69, 9.17) is 14.8 Å². The fourth-order valence-corrected chi connectivity index (χ4v) is 5.06. The first-order valence-corrected chi connectivity index (χ1v) is 13.0. The Morgan fingerprint density at radius 1 is 1.11 bits per heavy atom. The van der Waals surface area contributed by atoms with Gasteiger partial charge in [0, 0.05) is 23.7 Å². The molecule has 2 aromatic heterocycles. The molecule has 190 valence electrons. The van der Waals surface area contributed by atoms with Crippen molar-refractivity contribution in [1.29, 1.82) is 0 Å². The van der Waals surface area contributed by atoms with Gasteiger partial charge in [0.05, 0.1) is 22.8 Å². The molecule has 0 aliphatic carbocycles. The summed E-state index contributed by atoms with van der Waals surface area (Å²) in [5.74, 6) is 0.438. The summed E-state index contributed by atoms with van der Waals surface area (Å²) >= 11 is 1.41. The number of rotatable bonds is 6. The van der Waals surface area contributed by atoms with E-state index in [9.17, 15) is 9.59 Å². The maximum absolute atomic E-state index is 13.5. The first-order valence-electron chi connectivity index (χ1n) is 12.1. The molecule has 1 aliphatic heterocycles. The number of para-hydroxylation sites is 1. The van der Waals surface area contributed by atoms with Gasteiger partial charge in [0.2, 0.25) is 4.80 Å². The Labute approximate surface area is 218 Å². The van der Waals surface area contributed by atoms with Gasteiger partial charge in [-0.05, 0) is 50.1 Å². The zero-order valence-corrected chi connectivity index (χ0v) is 22.0. The summed E-state index contributed by atoms with van der Waals surface area (Å²) < 4.78 is 10.7. The Morgan fingerprint density at radius 2 is 1.86 bits per heavy atom. The van der Waals surface area contributed by atoms with E-state index in [1.165, 1.54) is 11.3 Å². The lowest BCUT2D eigenvalue weighted by atomic mass is 10.1. The summed E-state index contributed by atoms with van der Waals surface area (Å²) in [6.45, 7) is 6.03. The van der Waals surface area contributed by atoms with E-state index in [-0.39, 0.29) is 18.1 Å². The van der Waals surface area contributed by atoms with Gasteiger partial charge in [-0.2, -0.15) is 5.10 Å². The number of carbonyl (C=O) groups excluding carboxylic acids is 1. The highest BCUT2D eigenvalue weighted by Gasteiger charge is 2.19. The van der Waals surface area contributed by atoms with Crippen molar-refractivity contribution in [2.75, 3.05) is 11.9 Å². The van der Waals surface area contributed by atoms with E-state index in [1.54, 1.807) is 9.36 Å². The minimum absolute atomic E-state index is 0.00537. The topological polar surface area (TPSA) is 94.9 Å². The number of ether oxygens (including phenoxy) is 1. The van der Waals surface area contributed by atoms with Crippen molar-refractivity contribution < 1.29 is 9.53 Å². The molecule has 4 aromatic rings. The number of hydrogen-bond donors (Lipinski definition) is 1. The summed E-state index contributed by atoms with van der Waals surface area (Å²) in [7, 11) is 1.85. The number of amides is 1. The van der Waals surface area contributed by atoms with Crippen LogP contribution < -0.4 is 20.4 Å². The summed E-state index contributed by atoms with van der Waals surface area (Å²) in [5, 5.41) is 9.75. The van der Waals surface area contributed by atoms with Crippen LogP contribution in [0.1, 0.15) is 32.4 Å². The highest BCUT2D eigenvalue weighted by atomic mass is 32.1. The molecule has 3 heterocycles. The van der Waals surface area contributed by atoms with E-state index in [1.807, 2.05) is 72.6 Å². The quantitative estimate of drug-likeness (QED) is 0.380. The number of fused-ring (bicyclic) bond motifs is 1. The number of benzene rings is 2. The van der Waals surface area contributed by atoms with Crippen LogP contribution in [0.5, 0.6) is 5.75 Å². The fraction of sp³-hybridized carbons (Fsp3) is 0.259. The second kappa shape index (κ2) is 10.1. The molecular formula is C27H28N6O3S. The van der Waals surface area contributed by atoms with Crippen LogP contribution in [0, 0.1) is 6.92 Å². The molecule has 37 heavy (non-hydrogen) atoms. The lowest BCUT2D eigenvalue weighted by Gasteiger charge is -2.18. The van der Waals surface area contributed by atoms with Gasteiger partial charge in [0.25, 0.3) is 11.5 Å². The second-order valence-electron chi connectivity index (χ2n) is 8.66.